The van der Waals surface area contributed by atoms with E-state index in [1.54, 1.807) is 0 Å². The van der Waals surface area contributed by atoms with E-state index in [0.717, 1.165) is 19.8 Å². The summed E-state index contributed by atoms with van der Waals surface area (Å²) in [6, 6.07) is 1.84. The number of nitrogens with one attached hydrogen (secondary N) is 2. The third-order valence-electron chi connectivity index (χ3n) is 4.19. The van der Waals surface area contributed by atoms with Crippen LogP contribution in [0.25, 0.3) is 0 Å². The van der Waals surface area contributed by atoms with Crippen molar-refractivity contribution in [3.63, 3.8) is 0 Å². The van der Waals surface area contributed by atoms with E-state index >= 15 is 0 Å². The van der Waals surface area contributed by atoms with Crippen LogP contribution in [0.2, 0.25) is 0 Å². The van der Waals surface area contributed by atoms with Gasteiger partial charge in [0.2, 0.25) is 0 Å². The van der Waals surface area contributed by atoms with E-state index < -0.39 is 0 Å². The Hall–Kier alpha value is -0.160. The van der Waals surface area contributed by atoms with E-state index in [9.17, 15) is 0 Å². The van der Waals surface area contributed by atoms with Crippen molar-refractivity contribution in [2.24, 2.45) is 0 Å². The van der Waals surface area contributed by atoms with Gasteiger partial charge in [-0.1, -0.05) is 6.92 Å². The maximum absolute atomic E-state index is 5.50. The van der Waals surface area contributed by atoms with Crippen LogP contribution in [0.4, 0.5) is 0 Å². The lowest BCUT2D eigenvalue weighted by molar-refractivity contribution is 0.0701. The smallest absolute Gasteiger partial charge is 0.0620 e. The summed E-state index contributed by atoms with van der Waals surface area (Å²) in [5, 5.41) is 7.32. The first-order valence-electron chi connectivity index (χ1n) is 7.57. The standard InChI is InChI=1S/C14H29N3O/c1-3-17-7-4-13(5-8-17)16-12(2)10-14-11-18-9-6-15-14/h12-16H,3-11H2,1-2H3. The minimum absolute atomic E-state index is 0.539. The molecule has 0 bridgehead atoms. The Morgan fingerprint density at radius 3 is 2.78 bits per heavy atom. The molecule has 18 heavy (non-hydrogen) atoms. The van der Waals surface area contributed by atoms with Crippen LogP contribution in [0, 0.1) is 0 Å². The van der Waals surface area contributed by atoms with E-state index in [2.05, 4.69) is 29.4 Å². The second-order valence-electron chi connectivity index (χ2n) is 5.74. The molecule has 4 nitrogen and oxygen atoms in total. The number of nitrogens with zero attached hydrogens (tertiary/aromatic N) is 1. The van der Waals surface area contributed by atoms with Crippen LogP contribution in [0.1, 0.15) is 33.1 Å². The van der Waals surface area contributed by atoms with E-state index in [4.69, 9.17) is 4.74 Å². The monoisotopic (exact) mass is 255 g/mol. The maximum Gasteiger partial charge on any atom is 0.0620 e. The molecular formula is C14H29N3O. The van der Waals surface area contributed by atoms with Crippen molar-refractivity contribution in [3.8, 4) is 0 Å². The maximum atomic E-state index is 5.50. The summed E-state index contributed by atoms with van der Waals surface area (Å²) in [6.07, 6.45) is 3.77. The molecule has 4 heteroatoms. The molecule has 2 rings (SSSR count). The molecule has 106 valence electrons. The fourth-order valence-corrected chi connectivity index (χ4v) is 3.08. The van der Waals surface area contributed by atoms with Gasteiger partial charge in [0.05, 0.1) is 13.2 Å². The minimum atomic E-state index is 0.539. The van der Waals surface area contributed by atoms with E-state index in [-0.39, 0.29) is 0 Å². The molecule has 2 N–H and O–H groups in total. The summed E-state index contributed by atoms with van der Waals surface area (Å²) in [5.41, 5.74) is 0. The Bertz CT molecular complexity index is 223. The predicted molar refractivity (Wildman–Crippen MR) is 75.0 cm³/mol. The molecule has 0 radical (unpaired) electrons. The fraction of sp³-hybridized carbons (Fsp3) is 1.00. The Morgan fingerprint density at radius 2 is 2.17 bits per heavy atom. The van der Waals surface area contributed by atoms with Crippen molar-refractivity contribution in [3.05, 3.63) is 0 Å². The van der Waals surface area contributed by atoms with Crippen molar-refractivity contribution < 1.29 is 4.74 Å². The highest BCUT2D eigenvalue weighted by Crippen LogP contribution is 2.12. The minimum Gasteiger partial charge on any atom is -0.379 e. The zero-order valence-electron chi connectivity index (χ0n) is 12.0. The van der Waals surface area contributed by atoms with Crippen LogP contribution < -0.4 is 10.6 Å². The van der Waals surface area contributed by atoms with Crippen LogP contribution in [0.5, 0.6) is 0 Å². The molecule has 0 aliphatic carbocycles. The van der Waals surface area contributed by atoms with Gasteiger partial charge in [-0.15, -0.1) is 0 Å². The van der Waals surface area contributed by atoms with Crippen molar-refractivity contribution >= 4 is 0 Å². The van der Waals surface area contributed by atoms with Gasteiger partial charge in [-0.3, -0.25) is 0 Å². The molecule has 2 aliphatic rings. The van der Waals surface area contributed by atoms with Gasteiger partial charge in [-0.05, 0) is 45.8 Å². The SMILES string of the molecule is CCN1CCC(NC(C)CC2COCCN2)CC1. The highest BCUT2D eigenvalue weighted by molar-refractivity contribution is 4.82. The van der Waals surface area contributed by atoms with Gasteiger partial charge in [0.25, 0.3) is 0 Å². The third kappa shape index (κ3) is 4.50. The Labute approximate surface area is 111 Å². The van der Waals surface area contributed by atoms with Crippen molar-refractivity contribution in [1.82, 2.24) is 15.5 Å². The molecule has 2 atom stereocenters. The van der Waals surface area contributed by atoms with Gasteiger partial charge in [-0.25, -0.2) is 0 Å². The molecule has 2 fully saturated rings. The molecule has 0 aromatic rings. The van der Waals surface area contributed by atoms with Crippen LogP contribution >= 0.6 is 0 Å². The molecule has 2 unspecified atom stereocenters. The highest BCUT2D eigenvalue weighted by atomic mass is 16.5. The lowest BCUT2D eigenvalue weighted by Gasteiger charge is -2.34. The summed E-state index contributed by atoms with van der Waals surface area (Å²) >= 11 is 0. The number of rotatable bonds is 5. The number of hydrogen-bond acceptors (Lipinski definition) is 4. The molecular weight excluding hydrogens is 226 g/mol. The fourth-order valence-electron chi connectivity index (χ4n) is 3.08. The molecule has 2 heterocycles. The number of likely N-dealkylation sites (tertiary alicyclic amines) is 1. The van der Waals surface area contributed by atoms with Crippen LogP contribution in [0.15, 0.2) is 0 Å². The van der Waals surface area contributed by atoms with Gasteiger partial charge in [0, 0.05) is 24.7 Å². The largest absolute Gasteiger partial charge is 0.379 e. The third-order valence-corrected chi connectivity index (χ3v) is 4.19. The van der Waals surface area contributed by atoms with Gasteiger partial charge in [-0.2, -0.15) is 0 Å². The van der Waals surface area contributed by atoms with Crippen LogP contribution in [0.3, 0.4) is 0 Å². The summed E-state index contributed by atoms with van der Waals surface area (Å²) in [5.74, 6) is 0. The topological polar surface area (TPSA) is 36.5 Å². The molecule has 0 amide bonds. The zero-order chi connectivity index (χ0) is 12.8. The Kier molecular flexibility index (Phi) is 5.89. The van der Waals surface area contributed by atoms with Gasteiger partial charge >= 0.3 is 0 Å². The molecule has 2 saturated heterocycles. The van der Waals surface area contributed by atoms with Crippen molar-refractivity contribution in [2.45, 2.75) is 51.2 Å². The molecule has 0 spiro atoms. The van der Waals surface area contributed by atoms with Crippen molar-refractivity contribution in [1.29, 1.82) is 0 Å². The molecule has 0 aromatic heterocycles. The molecule has 2 aliphatic heterocycles. The normalized spacial score (nSPS) is 29.3. The number of hydrogen-bond donors (Lipinski definition) is 2. The lowest BCUT2D eigenvalue weighted by atomic mass is 10.0. The van der Waals surface area contributed by atoms with Gasteiger partial charge in [0.1, 0.15) is 0 Å². The van der Waals surface area contributed by atoms with Gasteiger partial charge < -0.3 is 20.3 Å². The highest BCUT2D eigenvalue weighted by Gasteiger charge is 2.21. The van der Waals surface area contributed by atoms with Crippen LogP contribution in [-0.2, 0) is 4.74 Å². The Balaban J connectivity index is 1.63. The zero-order valence-corrected chi connectivity index (χ0v) is 12.0. The first-order chi connectivity index (χ1) is 8.78. The number of morpholine rings is 1. The average Bonchev–Trinajstić information content (AvgIpc) is 2.40. The first kappa shape index (κ1) is 14.3. The predicted octanol–water partition coefficient (Wildman–Crippen LogP) is 0.827. The molecule has 0 aromatic carbocycles. The van der Waals surface area contributed by atoms with E-state index in [1.807, 2.05) is 0 Å². The van der Waals surface area contributed by atoms with E-state index in [0.29, 0.717) is 18.1 Å². The Morgan fingerprint density at radius 1 is 1.39 bits per heavy atom. The van der Waals surface area contributed by atoms with Crippen molar-refractivity contribution in [2.75, 3.05) is 39.4 Å². The quantitative estimate of drug-likeness (QED) is 0.763. The second-order valence-corrected chi connectivity index (χ2v) is 5.74. The average molecular weight is 255 g/mol. The summed E-state index contributed by atoms with van der Waals surface area (Å²) in [7, 11) is 0. The van der Waals surface area contributed by atoms with Gasteiger partial charge in [0.15, 0.2) is 0 Å². The first-order valence-corrected chi connectivity index (χ1v) is 7.57. The summed E-state index contributed by atoms with van der Waals surface area (Å²) in [4.78, 5) is 2.54. The lowest BCUT2D eigenvalue weighted by Crippen LogP contribution is -2.49. The number of piperidine rings is 1. The molecule has 0 saturated carbocycles. The van der Waals surface area contributed by atoms with Crippen LogP contribution in [-0.4, -0.2) is 62.4 Å². The van der Waals surface area contributed by atoms with E-state index in [1.165, 1.54) is 38.9 Å². The summed E-state index contributed by atoms with van der Waals surface area (Å²) < 4.78 is 5.50. The number of ether oxygens (including phenoxy) is 1. The second kappa shape index (κ2) is 7.43. The summed E-state index contributed by atoms with van der Waals surface area (Å²) in [6.45, 7) is 11.0.